The van der Waals surface area contributed by atoms with Gasteiger partial charge in [0, 0.05) is 11.7 Å². The molecular weight excluding hydrogens is 396 g/mol. The maximum absolute atomic E-state index is 12.4. The number of nitrogens with one attached hydrogen (secondary N) is 2. The number of aryl methyl sites for hydroxylation is 3. The molecule has 1 aliphatic carbocycles. The number of furan rings is 1. The van der Waals surface area contributed by atoms with Gasteiger partial charge in [-0.2, -0.15) is 0 Å². The van der Waals surface area contributed by atoms with Gasteiger partial charge in [0.15, 0.2) is 6.10 Å². The van der Waals surface area contributed by atoms with Gasteiger partial charge < -0.3 is 14.5 Å². The van der Waals surface area contributed by atoms with Gasteiger partial charge in [-0.25, -0.2) is 17.9 Å². The Morgan fingerprint density at radius 3 is 2.34 bits per heavy atom. The lowest BCUT2D eigenvalue weighted by Gasteiger charge is -2.16. The minimum Gasteiger partial charge on any atom is -0.447 e. The van der Waals surface area contributed by atoms with Gasteiger partial charge in [0.1, 0.15) is 0 Å². The molecule has 0 radical (unpaired) electrons. The second kappa shape index (κ2) is 8.00. The number of amides is 1. The number of carbonyl (C=O) groups is 2. The standard InChI is InChI=1S/C20H24N2O6S/c1-11-9-12(2)18(13(3)10-11)21-19(23)14(4)27-20(24)16-7-8-17(28-16)29(25,26)22-15-5-6-15/h7-10,14-15,22H,5-6H2,1-4H3,(H,21,23). The van der Waals surface area contributed by atoms with Crippen LogP contribution in [-0.2, 0) is 19.6 Å². The van der Waals surface area contributed by atoms with Crippen molar-refractivity contribution >= 4 is 27.6 Å². The summed E-state index contributed by atoms with van der Waals surface area (Å²) in [5, 5.41) is 2.41. The van der Waals surface area contributed by atoms with Crippen LogP contribution in [0.3, 0.4) is 0 Å². The van der Waals surface area contributed by atoms with Gasteiger partial charge in [0.25, 0.3) is 15.9 Å². The Hall–Kier alpha value is -2.65. The zero-order chi connectivity index (χ0) is 21.3. The summed E-state index contributed by atoms with van der Waals surface area (Å²) in [6, 6.07) is 6.20. The summed E-state index contributed by atoms with van der Waals surface area (Å²) in [6.07, 6.45) is 0.459. The van der Waals surface area contributed by atoms with Crippen molar-refractivity contribution in [2.24, 2.45) is 0 Å². The maximum atomic E-state index is 12.4. The number of benzene rings is 1. The molecule has 1 saturated carbocycles. The molecule has 156 valence electrons. The summed E-state index contributed by atoms with van der Waals surface area (Å²) in [5.41, 5.74) is 3.55. The van der Waals surface area contributed by atoms with Crippen molar-refractivity contribution in [2.45, 2.75) is 57.8 Å². The third kappa shape index (κ3) is 5.04. The van der Waals surface area contributed by atoms with E-state index in [1.54, 1.807) is 0 Å². The van der Waals surface area contributed by atoms with E-state index >= 15 is 0 Å². The van der Waals surface area contributed by atoms with Gasteiger partial charge in [-0.05, 0) is 63.8 Å². The van der Waals surface area contributed by atoms with Crippen molar-refractivity contribution in [2.75, 3.05) is 5.32 Å². The van der Waals surface area contributed by atoms with Crippen LogP contribution in [0.25, 0.3) is 0 Å². The molecule has 1 fully saturated rings. The summed E-state index contributed by atoms with van der Waals surface area (Å²) in [5.74, 6) is -1.70. The Kier molecular flexibility index (Phi) is 5.81. The number of anilines is 1. The van der Waals surface area contributed by atoms with Crippen molar-refractivity contribution in [3.8, 4) is 0 Å². The highest BCUT2D eigenvalue weighted by Crippen LogP contribution is 2.24. The number of hydrogen-bond donors (Lipinski definition) is 2. The van der Waals surface area contributed by atoms with E-state index in [9.17, 15) is 18.0 Å². The topological polar surface area (TPSA) is 115 Å². The molecule has 0 bridgehead atoms. The molecule has 3 rings (SSSR count). The van der Waals surface area contributed by atoms with Crippen LogP contribution in [0.15, 0.2) is 33.8 Å². The van der Waals surface area contributed by atoms with E-state index in [4.69, 9.17) is 9.15 Å². The first-order valence-electron chi connectivity index (χ1n) is 9.28. The Morgan fingerprint density at radius 1 is 1.14 bits per heavy atom. The normalized spacial score (nSPS) is 15.0. The first kappa shape index (κ1) is 21.1. The molecule has 2 N–H and O–H groups in total. The first-order chi connectivity index (χ1) is 13.6. The van der Waals surface area contributed by atoms with Crippen molar-refractivity contribution in [1.82, 2.24) is 4.72 Å². The average molecular weight is 420 g/mol. The van der Waals surface area contributed by atoms with Gasteiger partial charge >= 0.3 is 5.97 Å². The van der Waals surface area contributed by atoms with Gasteiger partial charge in [0.2, 0.25) is 10.9 Å². The fraction of sp³-hybridized carbons (Fsp3) is 0.400. The van der Waals surface area contributed by atoms with E-state index in [1.807, 2.05) is 32.9 Å². The van der Waals surface area contributed by atoms with Crippen LogP contribution in [-0.4, -0.2) is 32.4 Å². The number of sulfonamides is 1. The highest BCUT2D eigenvalue weighted by atomic mass is 32.2. The van der Waals surface area contributed by atoms with Crippen molar-refractivity contribution in [1.29, 1.82) is 0 Å². The van der Waals surface area contributed by atoms with Crippen molar-refractivity contribution in [3.63, 3.8) is 0 Å². The number of ether oxygens (including phenoxy) is 1. The molecule has 0 aliphatic heterocycles. The predicted molar refractivity (Wildman–Crippen MR) is 106 cm³/mol. The van der Waals surface area contributed by atoms with Gasteiger partial charge in [-0.3, -0.25) is 4.79 Å². The number of rotatable bonds is 7. The summed E-state index contributed by atoms with van der Waals surface area (Å²) < 4.78 is 37.0. The highest BCUT2D eigenvalue weighted by Gasteiger charge is 2.31. The molecule has 2 aromatic rings. The Labute approximate surface area is 169 Å². The molecule has 0 saturated heterocycles. The molecule has 1 aromatic heterocycles. The minimum atomic E-state index is -3.81. The second-order valence-electron chi connectivity index (χ2n) is 7.32. The second-order valence-corrected chi connectivity index (χ2v) is 8.97. The Bertz CT molecular complexity index is 1030. The molecule has 1 unspecified atom stereocenters. The van der Waals surface area contributed by atoms with Gasteiger partial charge in [0.05, 0.1) is 0 Å². The molecule has 1 aromatic carbocycles. The third-order valence-corrected chi connectivity index (χ3v) is 5.92. The SMILES string of the molecule is Cc1cc(C)c(NC(=O)C(C)OC(=O)c2ccc(S(=O)(=O)NC3CC3)o2)c(C)c1. The number of hydrogen-bond acceptors (Lipinski definition) is 6. The fourth-order valence-corrected chi connectivity index (χ4v) is 4.16. The van der Waals surface area contributed by atoms with Crippen LogP contribution in [0.4, 0.5) is 5.69 Å². The lowest BCUT2D eigenvalue weighted by Crippen LogP contribution is -2.30. The van der Waals surface area contributed by atoms with Crippen molar-refractivity contribution in [3.05, 3.63) is 46.7 Å². The minimum absolute atomic E-state index is 0.0853. The molecule has 0 spiro atoms. The average Bonchev–Trinajstić information content (AvgIpc) is 3.26. The lowest BCUT2D eigenvalue weighted by atomic mass is 10.0. The maximum Gasteiger partial charge on any atom is 0.375 e. The van der Waals surface area contributed by atoms with Crippen molar-refractivity contribution < 1.29 is 27.2 Å². The van der Waals surface area contributed by atoms with E-state index in [-0.39, 0.29) is 16.9 Å². The van der Waals surface area contributed by atoms with E-state index in [0.29, 0.717) is 5.69 Å². The zero-order valence-electron chi connectivity index (χ0n) is 16.7. The summed E-state index contributed by atoms with van der Waals surface area (Å²) in [4.78, 5) is 24.7. The first-order valence-corrected chi connectivity index (χ1v) is 10.8. The van der Waals surface area contributed by atoms with E-state index in [0.717, 1.165) is 29.5 Å². The molecular formula is C20H24N2O6S. The van der Waals surface area contributed by atoms with Gasteiger partial charge in [-0.15, -0.1) is 0 Å². The van der Waals surface area contributed by atoms with Gasteiger partial charge in [-0.1, -0.05) is 17.7 Å². The number of carbonyl (C=O) groups excluding carboxylic acids is 2. The quantitative estimate of drug-likeness (QED) is 0.666. The van der Waals surface area contributed by atoms with E-state index in [2.05, 4.69) is 10.0 Å². The lowest BCUT2D eigenvalue weighted by molar-refractivity contribution is -0.123. The smallest absolute Gasteiger partial charge is 0.375 e. The van der Waals surface area contributed by atoms with Crippen LogP contribution in [0.1, 0.15) is 47.0 Å². The Morgan fingerprint density at radius 2 is 1.76 bits per heavy atom. The molecule has 8 nitrogen and oxygen atoms in total. The Balaban J connectivity index is 1.64. The fourth-order valence-electron chi connectivity index (χ4n) is 2.93. The summed E-state index contributed by atoms with van der Waals surface area (Å²) >= 11 is 0. The molecule has 9 heteroatoms. The predicted octanol–water partition coefficient (Wildman–Crippen LogP) is 2.83. The molecule has 1 atom stereocenters. The molecule has 1 amide bonds. The zero-order valence-corrected chi connectivity index (χ0v) is 17.6. The largest absolute Gasteiger partial charge is 0.447 e. The van der Waals surface area contributed by atoms with Crippen LogP contribution >= 0.6 is 0 Å². The van der Waals surface area contributed by atoms with E-state index in [1.165, 1.54) is 19.1 Å². The molecule has 1 heterocycles. The number of esters is 1. The summed E-state index contributed by atoms with van der Waals surface area (Å²) in [7, 11) is -3.81. The van der Waals surface area contributed by atoms with E-state index < -0.39 is 28.0 Å². The van der Waals surface area contributed by atoms with Crippen LogP contribution < -0.4 is 10.0 Å². The van der Waals surface area contributed by atoms with Crippen LogP contribution in [0, 0.1) is 20.8 Å². The summed E-state index contributed by atoms with van der Waals surface area (Å²) in [6.45, 7) is 7.16. The van der Waals surface area contributed by atoms with Crippen LogP contribution in [0.5, 0.6) is 0 Å². The monoisotopic (exact) mass is 420 g/mol. The highest BCUT2D eigenvalue weighted by molar-refractivity contribution is 7.89. The van der Waals surface area contributed by atoms with Crippen LogP contribution in [0.2, 0.25) is 0 Å². The molecule has 1 aliphatic rings. The molecule has 29 heavy (non-hydrogen) atoms. The third-order valence-electron chi connectivity index (χ3n) is 4.52.